The maximum absolute atomic E-state index is 11.2. The van der Waals surface area contributed by atoms with Crippen LogP contribution in [0.3, 0.4) is 0 Å². The van der Waals surface area contributed by atoms with Crippen LogP contribution in [0, 0.1) is 5.41 Å². The quantitative estimate of drug-likeness (QED) is 0.619. The van der Waals surface area contributed by atoms with Crippen LogP contribution in [-0.2, 0) is 4.79 Å². The highest BCUT2D eigenvalue weighted by atomic mass is 16.1. The van der Waals surface area contributed by atoms with Gasteiger partial charge in [0.25, 0.3) is 0 Å². The lowest BCUT2D eigenvalue weighted by atomic mass is 9.87. The van der Waals surface area contributed by atoms with Crippen LogP contribution in [-0.4, -0.2) is 56.9 Å². The van der Waals surface area contributed by atoms with Crippen molar-refractivity contribution in [1.82, 2.24) is 9.80 Å². The van der Waals surface area contributed by atoms with Gasteiger partial charge >= 0.3 is 0 Å². The van der Waals surface area contributed by atoms with Crippen molar-refractivity contribution in [2.24, 2.45) is 5.41 Å². The zero-order chi connectivity index (χ0) is 11.3. The molecule has 0 aliphatic heterocycles. The smallest absolute Gasteiger partial charge is 0.127 e. The summed E-state index contributed by atoms with van der Waals surface area (Å²) in [5.41, 5.74) is -0.0267. The topological polar surface area (TPSA) is 23.6 Å². The fourth-order valence-electron chi connectivity index (χ4n) is 2.38. The molecule has 1 fully saturated rings. The van der Waals surface area contributed by atoms with Crippen LogP contribution in [0.1, 0.15) is 25.7 Å². The normalized spacial score (nSPS) is 20.1. The molecule has 0 aromatic rings. The summed E-state index contributed by atoms with van der Waals surface area (Å²) in [6, 6.07) is 0. The van der Waals surface area contributed by atoms with Crippen LogP contribution in [0.4, 0.5) is 0 Å². The Balaban J connectivity index is 2.34. The number of carbonyl (C=O) groups excluding carboxylic acids is 1. The average molecular weight is 212 g/mol. The van der Waals surface area contributed by atoms with E-state index in [1.54, 1.807) is 0 Å². The Hall–Kier alpha value is -0.410. The van der Waals surface area contributed by atoms with E-state index in [4.69, 9.17) is 0 Å². The van der Waals surface area contributed by atoms with Gasteiger partial charge in [-0.2, -0.15) is 0 Å². The van der Waals surface area contributed by atoms with Crippen molar-refractivity contribution >= 4 is 6.29 Å². The number of hydrogen-bond acceptors (Lipinski definition) is 3. The second-order valence-electron chi connectivity index (χ2n) is 5.23. The first-order valence-corrected chi connectivity index (χ1v) is 5.88. The maximum atomic E-state index is 11.2. The highest BCUT2D eigenvalue weighted by Gasteiger charge is 2.34. The van der Waals surface area contributed by atoms with E-state index in [1.165, 1.54) is 19.1 Å². The van der Waals surface area contributed by atoms with Crippen molar-refractivity contribution in [2.75, 3.05) is 40.8 Å². The fraction of sp³-hybridized carbons (Fsp3) is 0.917. The number of rotatable bonds is 6. The second-order valence-corrected chi connectivity index (χ2v) is 5.23. The molecule has 88 valence electrons. The van der Waals surface area contributed by atoms with Gasteiger partial charge < -0.3 is 14.6 Å². The molecule has 1 rings (SSSR count). The monoisotopic (exact) mass is 212 g/mol. The van der Waals surface area contributed by atoms with E-state index in [9.17, 15) is 4.79 Å². The molecule has 0 unspecified atom stereocenters. The molecule has 0 atom stereocenters. The largest absolute Gasteiger partial charge is 0.308 e. The van der Waals surface area contributed by atoms with E-state index in [2.05, 4.69) is 30.9 Å². The molecular weight excluding hydrogens is 188 g/mol. The predicted octanol–water partition coefficient (Wildman–Crippen LogP) is 1.24. The van der Waals surface area contributed by atoms with Crippen LogP contribution >= 0.6 is 0 Å². The molecule has 0 aromatic heterocycles. The summed E-state index contributed by atoms with van der Waals surface area (Å²) in [6.07, 6.45) is 5.82. The van der Waals surface area contributed by atoms with Crippen LogP contribution in [0.25, 0.3) is 0 Å². The number of carbonyl (C=O) groups is 1. The Morgan fingerprint density at radius 3 is 2.20 bits per heavy atom. The van der Waals surface area contributed by atoms with Gasteiger partial charge in [0.2, 0.25) is 0 Å². The summed E-state index contributed by atoms with van der Waals surface area (Å²) in [7, 11) is 6.28. The fourth-order valence-corrected chi connectivity index (χ4v) is 2.38. The van der Waals surface area contributed by atoms with Crippen LogP contribution in [0.15, 0.2) is 0 Å². The Labute approximate surface area is 93.4 Å². The lowest BCUT2D eigenvalue weighted by Gasteiger charge is -2.29. The van der Waals surface area contributed by atoms with Gasteiger partial charge in [0.1, 0.15) is 6.29 Å². The van der Waals surface area contributed by atoms with Gasteiger partial charge in [-0.1, -0.05) is 12.8 Å². The molecule has 0 spiro atoms. The second kappa shape index (κ2) is 5.61. The first-order valence-electron chi connectivity index (χ1n) is 5.88. The number of aldehydes is 1. The highest BCUT2D eigenvalue weighted by Crippen LogP contribution is 2.36. The van der Waals surface area contributed by atoms with E-state index >= 15 is 0 Å². The molecule has 0 amide bonds. The minimum absolute atomic E-state index is 0.0267. The summed E-state index contributed by atoms with van der Waals surface area (Å²) in [6.45, 7) is 3.04. The molecule has 0 heterocycles. The van der Waals surface area contributed by atoms with Gasteiger partial charge in [-0.05, 0) is 34.0 Å². The molecule has 15 heavy (non-hydrogen) atoms. The summed E-state index contributed by atoms with van der Waals surface area (Å²) in [5, 5.41) is 0. The standard InChI is InChI=1S/C12H24N2O/c1-13(2)8-9-14(3)10-12(11-15)6-4-5-7-12/h11H,4-10H2,1-3H3. The lowest BCUT2D eigenvalue weighted by molar-refractivity contribution is -0.116. The molecular formula is C12H24N2O. The van der Waals surface area contributed by atoms with Crippen molar-refractivity contribution in [2.45, 2.75) is 25.7 Å². The van der Waals surface area contributed by atoms with Crippen LogP contribution in [0.5, 0.6) is 0 Å². The third-order valence-corrected chi connectivity index (χ3v) is 3.36. The van der Waals surface area contributed by atoms with Crippen molar-refractivity contribution in [1.29, 1.82) is 0 Å². The summed E-state index contributed by atoms with van der Waals surface area (Å²) < 4.78 is 0. The molecule has 0 radical (unpaired) electrons. The number of likely N-dealkylation sites (N-methyl/N-ethyl adjacent to an activating group) is 2. The van der Waals surface area contributed by atoms with E-state index in [1.807, 2.05) is 0 Å². The van der Waals surface area contributed by atoms with E-state index < -0.39 is 0 Å². The van der Waals surface area contributed by atoms with Gasteiger partial charge in [0.05, 0.1) is 0 Å². The zero-order valence-corrected chi connectivity index (χ0v) is 10.3. The number of hydrogen-bond donors (Lipinski definition) is 0. The van der Waals surface area contributed by atoms with E-state index in [-0.39, 0.29) is 5.41 Å². The van der Waals surface area contributed by atoms with Gasteiger partial charge in [0.15, 0.2) is 0 Å². The molecule has 1 saturated carbocycles. The maximum Gasteiger partial charge on any atom is 0.127 e. The van der Waals surface area contributed by atoms with E-state index in [0.29, 0.717) is 0 Å². The van der Waals surface area contributed by atoms with Gasteiger partial charge in [-0.15, -0.1) is 0 Å². The van der Waals surface area contributed by atoms with Crippen LogP contribution in [0.2, 0.25) is 0 Å². The SMILES string of the molecule is CN(C)CCN(C)CC1(C=O)CCCC1. The molecule has 0 saturated heterocycles. The molecule has 3 nitrogen and oxygen atoms in total. The van der Waals surface area contributed by atoms with E-state index in [0.717, 1.165) is 32.5 Å². The van der Waals surface area contributed by atoms with Crippen LogP contribution < -0.4 is 0 Å². The molecule has 3 heteroatoms. The molecule has 1 aliphatic rings. The van der Waals surface area contributed by atoms with Gasteiger partial charge in [-0.25, -0.2) is 0 Å². The third-order valence-electron chi connectivity index (χ3n) is 3.36. The van der Waals surface area contributed by atoms with Crippen molar-refractivity contribution in [3.8, 4) is 0 Å². The molecule has 0 N–H and O–H groups in total. The summed E-state index contributed by atoms with van der Waals surface area (Å²) in [4.78, 5) is 15.6. The Morgan fingerprint density at radius 2 is 1.73 bits per heavy atom. The highest BCUT2D eigenvalue weighted by molar-refractivity contribution is 5.60. The Morgan fingerprint density at radius 1 is 1.13 bits per heavy atom. The molecule has 0 bridgehead atoms. The van der Waals surface area contributed by atoms with Gasteiger partial charge in [-0.3, -0.25) is 0 Å². The minimum atomic E-state index is -0.0267. The summed E-state index contributed by atoms with van der Waals surface area (Å²) in [5.74, 6) is 0. The summed E-state index contributed by atoms with van der Waals surface area (Å²) >= 11 is 0. The van der Waals surface area contributed by atoms with Crippen molar-refractivity contribution in [3.05, 3.63) is 0 Å². The number of nitrogens with zero attached hydrogens (tertiary/aromatic N) is 2. The van der Waals surface area contributed by atoms with Gasteiger partial charge in [0, 0.05) is 25.0 Å². The third kappa shape index (κ3) is 3.92. The first-order chi connectivity index (χ1) is 7.08. The Bertz CT molecular complexity index is 198. The van der Waals surface area contributed by atoms with Crippen molar-refractivity contribution < 1.29 is 4.79 Å². The molecule has 0 aromatic carbocycles. The van der Waals surface area contributed by atoms with Crippen molar-refractivity contribution in [3.63, 3.8) is 0 Å². The predicted molar refractivity (Wildman–Crippen MR) is 63.0 cm³/mol. The molecule has 1 aliphatic carbocycles. The lowest BCUT2D eigenvalue weighted by Crippen LogP contribution is -2.38. The minimum Gasteiger partial charge on any atom is -0.308 e. The Kier molecular flexibility index (Phi) is 4.74. The zero-order valence-electron chi connectivity index (χ0n) is 10.3. The average Bonchev–Trinajstić information content (AvgIpc) is 2.64. The first kappa shape index (κ1) is 12.7.